The molecule has 0 spiro atoms. The summed E-state index contributed by atoms with van der Waals surface area (Å²) >= 11 is 1.86. The van der Waals surface area contributed by atoms with Gasteiger partial charge in [-0.05, 0) is 0 Å². The third-order valence-corrected chi connectivity index (χ3v) is 1.34. The number of esters is 1. The number of rotatable bonds is 4. The van der Waals surface area contributed by atoms with E-state index in [2.05, 4.69) is 6.92 Å². The number of unbranched alkanes of at least 4 members (excludes halogenated alkanes) is 1. The molecule has 2 nitrogen and oxygen atoms in total. The van der Waals surface area contributed by atoms with E-state index in [1.54, 1.807) is 0 Å². The molecular formula is C8H15LiO2. The van der Waals surface area contributed by atoms with Gasteiger partial charge in [-0.15, -0.1) is 0 Å². The predicted octanol–water partition coefficient (Wildman–Crippen LogP) is 1.70. The van der Waals surface area contributed by atoms with Crippen molar-refractivity contribution >= 4 is 23.7 Å². The molecule has 0 aromatic heterocycles. The number of hydrogen-bond donors (Lipinski definition) is 0. The Labute approximate surface area is 77.9 Å². The Hall–Kier alpha value is 0.0674. The van der Waals surface area contributed by atoms with Crippen LogP contribution in [0.4, 0.5) is 0 Å². The Kier molecular flexibility index (Phi) is 4.88. The van der Waals surface area contributed by atoms with Gasteiger partial charge in [-0.1, -0.05) is 0 Å². The molecule has 0 saturated heterocycles. The van der Waals surface area contributed by atoms with Crippen molar-refractivity contribution in [1.82, 2.24) is 0 Å². The molecule has 0 aromatic carbocycles. The van der Waals surface area contributed by atoms with E-state index < -0.39 is 0 Å². The van der Waals surface area contributed by atoms with Crippen LogP contribution in [0.25, 0.3) is 0 Å². The molecule has 0 rings (SSSR count). The monoisotopic (exact) mass is 150 g/mol. The quantitative estimate of drug-likeness (QED) is 0.346. The maximum absolute atomic E-state index is 11.1. The van der Waals surface area contributed by atoms with Gasteiger partial charge in [0.25, 0.3) is 0 Å². The fraction of sp³-hybridized carbons (Fsp3) is 0.875. The standard InChI is InChI=1S/C8H15O2.Li/c1-4-5-6-10-8(9)7(2)3;/h4-6H2,1-3H3;. The minimum atomic E-state index is -0.353. The van der Waals surface area contributed by atoms with Crippen LogP contribution in [0, 0.1) is 0 Å². The van der Waals surface area contributed by atoms with Crippen molar-refractivity contribution in [3.05, 3.63) is 0 Å². The second kappa shape index (κ2) is 4.85. The maximum atomic E-state index is 11.1. The fourth-order valence-electron chi connectivity index (χ4n) is 0.526. The van der Waals surface area contributed by atoms with E-state index in [9.17, 15) is 4.79 Å². The van der Waals surface area contributed by atoms with Crippen LogP contribution in [-0.2, 0) is 9.53 Å². The molecule has 0 fully saturated rings. The summed E-state index contributed by atoms with van der Waals surface area (Å²) in [7, 11) is 0. The number of carbonyl (C=O) groups excluding carboxylic acids is 1. The molecule has 11 heavy (non-hydrogen) atoms. The number of carbonyl (C=O) groups is 1. The van der Waals surface area contributed by atoms with Crippen molar-refractivity contribution < 1.29 is 9.53 Å². The van der Waals surface area contributed by atoms with Gasteiger partial charge in [0.1, 0.15) is 0 Å². The first-order valence-corrected chi connectivity index (χ1v) is 4.15. The van der Waals surface area contributed by atoms with Crippen LogP contribution < -0.4 is 0 Å². The minimum absolute atomic E-state index is 0.106. The van der Waals surface area contributed by atoms with Gasteiger partial charge in [0.2, 0.25) is 0 Å². The Morgan fingerprint density at radius 1 is 1.55 bits per heavy atom. The van der Waals surface area contributed by atoms with Crippen molar-refractivity contribution in [1.29, 1.82) is 0 Å². The molecule has 0 N–H and O–H groups in total. The molecule has 0 aromatic rings. The van der Waals surface area contributed by atoms with Gasteiger partial charge in [0.15, 0.2) is 0 Å². The van der Waals surface area contributed by atoms with E-state index in [0.717, 1.165) is 12.8 Å². The van der Waals surface area contributed by atoms with Crippen LogP contribution in [0.5, 0.6) is 0 Å². The van der Waals surface area contributed by atoms with E-state index in [-0.39, 0.29) is 10.1 Å². The second-order valence-corrected chi connectivity index (χ2v) is 3.74. The molecule has 0 aliphatic rings. The Balaban J connectivity index is 3.54. The van der Waals surface area contributed by atoms with Crippen LogP contribution >= 0.6 is 0 Å². The number of ether oxygens (including phenoxy) is 1. The van der Waals surface area contributed by atoms with Gasteiger partial charge >= 0.3 is 77.5 Å². The fourth-order valence-corrected chi connectivity index (χ4v) is 0.526. The van der Waals surface area contributed by atoms with Gasteiger partial charge in [-0.25, -0.2) is 0 Å². The molecule has 0 heterocycles. The van der Waals surface area contributed by atoms with E-state index in [0.29, 0.717) is 6.61 Å². The molecule has 0 radical (unpaired) electrons. The van der Waals surface area contributed by atoms with E-state index in [4.69, 9.17) is 4.74 Å². The predicted molar refractivity (Wildman–Crippen MR) is 45.7 cm³/mol. The molecular weight excluding hydrogens is 135 g/mol. The molecule has 0 aliphatic carbocycles. The van der Waals surface area contributed by atoms with Gasteiger partial charge < -0.3 is 0 Å². The van der Waals surface area contributed by atoms with Crippen LogP contribution in [0.3, 0.4) is 0 Å². The van der Waals surface area contributed by atoms with Crippen molar-refractivity contribution in [2.45, 2.75) is 37.7 Å². The third-order valence-electron chi connectivity index (χ3n) is 1.34. The molecule has 0 saturated carbocycles. The van der Waals surface area contributed by atoms with E-state index in [1.807, 2.05) is 31.6 Å². The molecule has 0 unspecified atom stereocenters. The molecule has 0 bridgehead atoms. The van der Waals surface area contributed by atoms with Crippen molar-refractivity contribution in [3.63, 3.8) is 0 Å². The normalized spacial score (nSPS) is 11.4. The number of hydrogen-bond acceptors (Lipinski definition) is 2. The van der Waals surface area contributed by atoms with Crippen LogP contribution in [0.15, 0.2) is 0 Å². The zero-order valence-corrected chi connectivity index (χ0v) is 7.94. The summed E-state index contributed by atoms with van der Waals surface area (Å²) in [5, 5.41) is 0. The summed E-state index contributed by atoms with van der Waals surface area (Å²) < 4.78 is 4.65. The third kappa shape index (κ3) is 5.35. The second-order valence-electron chi connectivity index (χ2n) is 3.74. The molecule has 3 heteroatoms. The zero-order chi connectivity index (χ0) is 8.91. The van der Waals surface area contributed by atoms with Gasteiger partial charge in [-0.2, -0.15) is 0 Å². The zero-order valence-electron chi connectivity index (χ0n) is 7.94. The van der Waals surface area contributed by atoms with Crippen LogP contribution in [0.2, 0.25) is 4.09 Å². The summed E-state index contributed by atoms with van der Waals surface area (Å²) in [5.41, 5.74) is 0. The molecule has 0 aliphatic heterocycles. The molecule has 0 amide bonds. The van der Waals surface area contributed by atoms with Crippen LogP contribution in [0.1, 0.15) is 33.6 Å². The Morgan fingerprint density at radius 2 is 2.09 bits per heavy atom. The average molecular weight is 150 g/mol. The van der Waals surface area contributed by atoms with Crippen LogP contribution in [-0.4, -0.2) is 30.3 Å². The SMILES string of the molecule is [Li][C](C)(C)C(=O)OCCCC. The van der Waals surface area contributed by atoms with Gasteiger partial charge in [0.05, 0.1) is 0 Å². The summed E-state index contributed by atoms with van der Waals surface area (Å²) in [5.74, 6) is -0.106. The molecule has 0 atom stereocenters. The first-order chi connectivity index (χ1) is 4.98. The van der Waals surface area contributed by atoms with Crippen molar-refractivity contribution in [2.24, 2.45) is 0 Å². The average Bonchev–Trinajstić information content (AvgIpc) is 1.86. The van der Waals surface area contributed by atoms with Gasteiger partial charge in [0, 0.05) is 0 Å². The Bertz CT molecular complexity index is 127. The van der Waals surface area contributed by atoms with Crippen molar-refractivity contribution in [2.75, 3.05) is 6.61 Å². The Morgan fingerprint density at radius 3 is 2.45 bits per heavy atom. The van der Waals surface area contributed by atoms with Gasteiger partial charge in [-0.3, -0.25) is 0 Å². The summed E-state index contributed by atoms with van der Waals surface area (Å²) in [6.07, 6.45) is 2.03. The molecule has 60 valence electrons. The summed E-state index contributed by atoms with van der Waals surface area (Å²) in [6.45, 7) is 6.36. The first kappa shape index (κ1) is 11.1. The van der Waals surface area contributed by atoms with E-state index in [1.165, 1.54) is 0 Å². The van der Waals surface area contributed by atoms with E-state index >= 15 is 0 Å². The topological polar surface area (TPSA) is 26.3 Å². The first-order valence-electron chi connectivity index (χ1n) is 4.15. The van der Waals surface area contributed by atoms with Crippen molar-refractivity contribution in [3.8, 4) is 0 Å². The summed E-state index contributed by atoms with van der Waals surface area (Å²) in [4.78, 5) is 11.1. The summed E-state index contributed by atoms with van der Waals surface area (Å²) in [6, 6.07) is 0.